The molecular weight excluding hydrogens is 334 g/mol. The third-order valence-electron chi connectivity index (χ3n) is 4.05. The Kier molecular flexibility index (Phi) is 6.06. The van der Waals surface area contributed by atoms with Gasteiger partial charge < -0.3 is 9.80 Å². The Bertz CT molecular complexity index is 791. The standard InChI is InChI=1S/C20H22ClN3O/c1-20(2,24(4)15-25)14-23(3)19-11-10-17(13-22-19)9-8-16-6-5-7-18(21)12-16/h5-7,10-13,15H,14H2,1-4H3. The summed E-state index contributed by atoms with van der Waals surface area (Å²) >= 11 is 5.96. The van der Waals surface area contributed by atoms with Gasteiger partial charge in [-0.15, -0.1) is 0 Å². The molecule has 0 radical (unpaired) electrons. The number of nitrogens with zero attached hydrogens (tertiary/aromatic N) is 3. The van der Waals surface area contributed by atoms with Gasteiger partial charge in [-0.1, -0.05) is 29.5 Å². The lowest BCUT2D eigenvalue weighted by atomic mass is 10.0. The van der Waals surface area contributed by atoms with Crippen molar-refractivity contribution < 1.29 is 4.79 Å². The van der Waals surface area contributed by atoms with Gasteiger partial charge >= 0.3 is 0 Å². The Morgan fingerprint density at radius 3 is 2.48 bits per heavy atom. The van der Waals surface area contributed by atoms with Crippen LogP contribution in [-0.2, 0) is 4.79 Å². The number of anilines is 1. The van der Waals surface area contributed by atoms with Gasteiger partial charge in [0.1, 0.15) is 5.82 Å². The number of rotatable bonds is 5. The highest BCUT2D eigenvalue weighted by Crippen LogP contribution is 2.17. The number of amides is 1. The van der Waals surface area contributed by atoms with E-state index in [-0.39, 0.29) is 5.54 Å². The highest BCUT2D eigenvalue weighted by Gasteiger charge is 2.24. The van der Waals surface area contributed by atoms with Gasteiger partial charge in [0.25, 0.3) is 0 Å². The van der Waals surface area contributed by atoms with Crippen molar-refractivity contribution in [3.05, 3.63) is 58.7 Å². The van der Waals surface area contributed by atoms with Gasteiger partial charge in [-0.3, -0.25) is 4.79 Å². The molecule has 0 saturated heterocycles. The van der Waals surface area contributed by atoms with E-state index in [9.17, 15) is 4.79 Å². The van der Waals surface area contributed by atoms with Gasteiger partial charge in [-0.2, -0.15) is 0 Å². The monoisotopic (exact) mass is 355 g/mol. The van der Waals surface area contributed by atoms with Crippen LogP contribution in [0.25, 0.3) is 0 Å². The Morgan fingerprint density at radius 1 is 1.16 bits per heavy atom. The molecule has 0 unspecified atom stereocenters. The number of aromatic nitrogens is 1. The van der Waals surface area contributed by atoms with Gasteiger partial charge in [0.15, 0.2) is 0 Å². The van der Waals surface area contributed by atoms with Gasteiger partial charge in [0.2, 0.25) is 6.41 Å². The van der Waals surface area contributed by atoms with Crippen molar-refractivity contribution >= 4 is 23.8 Å². The lowest BCUT2D eigenvalue weighted by molar-refractivity contribution is -0.120. The second kappa shape index (κ2) is 8.04. The van der Waals surface area contributed by atoms with Crippen LogP contribution in [0.2, 0.25) is 5.02 Å². The Morgan fingerprint density at radius 2 is 1.88 bits per heavy atom. The number of carbonyl (C=O) groups is 1. The van der Waals surface area contributed by atoms with E-state index in [4.69, 9.17) is 11.6 Å². The van der Waals surface area contributed by atoms with E-state index in [1.807, 2.05) is 62.2 Å². The van der Waals surface area contributed by atoms with Crippen LogP contribution in [0.15, 0.2) is 42.6 Å². The minimum atomic E-state index is -0.288. The van der Waals surface area contributed by atoms with Crippen LogP contribution < -0.4 is 4.90 Å². The smallest absolute Gasteiger partial charge is 0.209 e. The predicted octanol–water partition coefficient (Wildman–Crippen LogP) is 3.44. The molecule has 0 saturated carbocycles. The lowest BCUT2D eigenvalue weighted by Crippen LogP contribution is -2.48. The van der Waals surface area contributed by atoms with E-state index in [0.29, 0.717) is 11.6 Å². The molecule has 0 atom stereocenters. The van der Waals surface area contributed by atoms with Gasteiger partial charge in [-0.05, 0) is 44.2 Å². The fourth-order valence-electron chi connectivity index (χ4n) is 2.31. The second-order valence-electron chi connectivity index (χ2n) is 6.55. The maximum absolute atomic E-state index is 11.0. The zero-order valence-electron chi connectivity index (χ0n) is 15.0. The molecule has 0 spiro atoms. The summed E-state index contributed by atoms with van der Waals surface area (Å²) in [6, 6.07) is 11.3. The highest BCUT2D eigenvalue weighted by atomic mass is 35.5. The van der Waals surface area contributed by atoms with Crippen LogP contribution in [0.5, 0.6) is 0 Å². The van der Waals surface area contributed by atoms with Crippen molar-refractivity contribution in [3.63, 3.8) is 0 Å². The molecule has 2 aromatic rings. The molecule has 1 heterocycles. The lowest BCUT2D eigenvalue weighted by Gasteiger charge is -2.36. The van der Waals surface area contributed by atoms with Crippen LogP contribution >= 0.6 is 11.6 Å². The molecule has 0 aliphatic heterocycles. The summed E-state index contributed by atoms with van der Waals surface area (Å²) in [5.74, 6) is 7.00. The number of halogens is 1. The van der Waals surface area contributed by atoms with E-state index >= 15 is 0 Å². The molecule has 2 rings (SSSR count). The normalized spacial score (nSPS) is 10.6. The van der Waals surface area contributed by atoms with E-state index in [1.54, 1.807) is 18.1 Å². The van der Waals surface area contributed by atoms with E-state index in [0.717, 1.165) is 23.4 Å². The minimum Gasteiger partial charge on any atom is -0.357 e. The van der Waals surface area contributed by atoms with Crippen LogP contribution in [0.4, 0.5) is 5.82 Å². The molecule has 1 aromatic carbocycles. The number of benzene rings is 1. The summed E-state index contributed by atoms with van der Waals surface area (Å²) in [6.45, 7) is 4.70. The first-order chi connectivity index (χ1) is 11.8. The fraction of sp³-hybridized carbons (Fsp3) is 0.300. The molecule has 130 valence electrons. The third kappa shape index (κ3) is 5.23. The highest BCUT2D eigenvalue weighted by molar-refractivity contribution is 6.30. The zero-order valence-corrected chi connectivity index (χ0v) is 15.7. The van der Waals surface area contributed by atoms with Crippen molar-refractivity contribution in [2.24, 2.45) is 0 Å². The molecule has 25 heavy (non-hydrogen) atoms. The molecule has 0 aliphatic rings. The molecular formula is C20H22ClN3O. The number of hydrogen-bond donors (Lipinski definition) is 0. The largest absolute Gasteiger partial charge is 0.357 e. The molecule has 5 heteroatoms. The maximum atomic E-state index is 11.0. The molecule has 1 amide bonds. The number of carbonyl (C=O) groups excluding carboxylic acids is 1. The number of pyridine rings is 1. The average Bonchev–Trinajstić information content (AvgIpc) is 2.59. The van der Waals surface area contributed by atoms with Crippen molar-refractivity contribution in [2.45, 2.75) is 19.4 Å². The molecule has 4 nitrogen and oxygen atoms in total. The second-order valence-corrected chi connectivity index (χ2v) is 6.99. The molecule has 0 N–H and O–H groups in total. The molecule has 0 bridgehead atoms. The molecule has 0 aliphatic carbocycles. The predicted molar refractivity (Wildman–Crippen MR) is 103 cm³/mol. The SMILES string of the molecule is CN(CC(C)(C)N(C)C=O)c1ccc(C#Cc2cccc(Cl)c2)cn1. The first kappa shape index (κ1) is 18.8. The van der Waals surface area contributed by atoms with Crippen molar-refractivity contribution in [1.29, 1.82) is 0 Å². The summed E-state index contributed by atoms with van der Waals surface area (Å²) < 4.78 is 0. The third-order valence-corrected chi connectivity index (χ3v) is 4.29. The Hall–Kier alpha value is -2.51. The van der Waals surface area contributed by atoms with Gasteiger partial charge in [0, 0.05) is 43.0 Å². The Labute approximate surface area is 154 Å². The Balaban J connectivity index is 2.08. The molecule has 0 fully saturated rings. The van der Waals surface area contributed by atoms with E-state index < -0.39 is 0 Å². The van der Waals surface area contributed by atoms with Crippen LogP contribution in [0.1, 0.15) is 25.0 Å². The maximum Gasteiger partial charge on any atom is 0.209 e. The minimum absolute atomic E-state index is 0.288. The van der Waals surface area contributed by atoms with Crippen LogP contribution in [-0.4, -0.2) is 42.5 Å². The number of hydrogen-bond acceptors (Lipinski definition) is 3. The zero-order chi connectivity index (χ0) is 18.4. The van der Waals surface area contributed by atoms with E-state index in [1.165, 1.54) is 0 Å². The summed E-state index contributed by atoms with van der Waals surface area (Å²) in [5, 5.41) is 0.671. The number of likely N-dealkylation sites (N-methyl/N-ethyl adjacent to an activating group) is 2. The van der Waals surface area contributed by atoms with Crippen molar-refractivity contribution in [1.82, 2.24) is 9.88 Å². The topological polar surface area (TPSA) is 36.4 Å². The summed E-state index contributed by atoms with van der Waals surface area (Å²) in [5.41, 5.74) is 1.41. The van der Waals surface area contributed by atoms with Gasteiger partial charge in [0.05, 0.1) is 5.54 Å². The summed E-state index contributed by atoms with van der Waals surface area (Å²) in [6.07, 6.45) is 2.59. The van der Waals surface area contributed by atoms with Crippen molar-refractivity contribution in [3.8, 4) is 11.8 Å². The summed E-state index contributed by atoms with van der Waals surface area (Å²) in [7, 11) is 3.74. The van der Waals surface area contributed by atoms with Crippen molar-refractivity contribution in [2.75, 3.05) is 25.5 Å². The first-order valence-corrected chi connectivity index (χ1v) is 8.32. The van der Waals surface area contributed by atoms with Crippen LogP contribution in [0, 0.1) is 11.8 Å². The quantitative estimate of drug-likeness (QED) is 0.609. The fourth-order valence-corrected chi connectivity index (χ4v) is 2.50. The summed E-state index contributed by atoms with van der Waals surface area (Å²) in [4.78, 5) is 19.1. The average molecular weight is 356 g/mol. The molecule has 1 aromatic heterocycles. The van der Waals surface area contributed by atoms with E-state index in [2.05, 4.69) is 16.8 Å². The van der Waals surface area contributed by atoms with Crippen LogP contribution in [0.3, 0.4) is 0 Å². The van der Waals surface area contributed by atoms with Gasteiger partial charge in [-0.25, -0.2) is 4.98 Å². The first-order valence-electron chi connectivity index (χ1n) is 7.95.